The van der Waals surface area contributed by atoms with Crippen molar-refractivity contribution in [2.45, 2.75) is 6.18 Å². The molecule has 0 unspecified atom stereocenters. The average Bonchev–Trinajstić information content (AvgIpc) is 2.70. The van der Waals surface area contributed by atoms with Crippen molar-refractivity contribution in [1.29, 1.82) is 0 Å². The SMILES string of the molecule is COc1cccc(C=CC(=O)OCC(=O)Nc2ncc(C(F)(F)F)cc2Cl)c1OC. The summed E-state index contributed by atoms with van der Waals surface area (Å²) in [7, 11) is 2.91. The van der Waals surface area contributed by atoms with Crippen molar-refractivity contribution < 1.29 is 37.0 Å². The van der Waals surface area contributed by atoms with Crippen molar-refractivity contribution in [2.75, 3.05) is 26.1 Å². The third kappa shape index (κ3) is 6.11. The Bertz CT molecular complexity index is 964. The largest absolute Gasteiger partial charge is 0.493 e. The maximum absolute atomic E-state index is 12.6. The van der Waals surface area contributed by atoms with Crippen LogP contribution in [0.3, 0.4) is 0 Å². The number of halogens is 4. The number of benzene rings is 1. The number of hydrogen-bond donors (Lipinski definition) is 1. The lowest BCUT2D eigenvalue weighted by atomic mass is 10.1. The zero-order valence-corrected chi connectivity index (χ0v) is 16.5. The van der Waals surface area contributed by atoms with E-state index in [4.69, 9.17) is 25.8 Å². The predicted molar refractivity (Wildman–Crippen MR) is 102 cm³/mol. The van der Waals surface area contributed by atoms with Gasteiger partial charge in [0.2, 0.25) is 0 Å². The van der Waals surface area contributed by atoms with E-state index in [1.165, 1.54) is 20.3 Å². The number of amides is 1. The minimum atomic E-state index is -4.62. The van der Waals surface area contributed by atoms with Crippen molar-refractivity contribution >= 4 is 35.4 Å². The molecule has 11 heteroatoms. The molecular formula is C19H16ClF3N2O5. The lowest BCUT2D eigenvalue weighted by molar-refractivity contribution is -0.142. The number of anilines is 1. The summed E-state index contributed by atoms with van der Waals surface area (Å²) in [6.45, 7) is -0.697. The van der Waals surface area contributed by atoms with Gasteiger partial charge in [-0.1, -0.05) is 23.7 Å². The number of esters is 1. The van der Waals surface area contributed by atoms with Crippen LogP contribution in [0.2, 0.25) is 5.02 Å². The van der Waals surface area contributed by atoms with Gasteiger partial charge in [0, 0.05) is 17.8 Å². The van der Waals surface area contributed by atoms with Gasteiger partial charge < -0.3 is 19.5 Å². The number of carbonyl (C=O) groups excluding carboxylic acids is 2. The molecule has 0 aliphatic carbocycles. The Balaban J connectivity index is 1.94. The minimum absolute atomic E-state index is 0.289. The molecule has 1 aromatic carbocycles. The van der Waals surface area contributed by atoms with E-state index >= 15 is 0 Å². The molecule has 1 N–H and O–H groups in total. The van der Waals surface area contributed by atoms with Crippen LogP contribution in [0, 0.1) is 0 Å². The summed E-state index contributed by atoms with van der Waals surface area (Å²) in [6, 6.07) is 5.68. The summed E-state index contributed by atoms with van der Waals surface area (Å²) in [5, 5.41) is 1.76. The normalized spacial score (nSPS) is 11.3. The van der Waals surface area contributed by atoms with Crippen LogP contribution in [0.1, 0.15) is 11.1 Å². The molecule has 0 spiro atoms. The van der Waals surface area contributed by atoms with Crippen molar-refractivity contribution in [3.8, 4) is 11.5 Å². The Morgan fingerprint density at radius 2 is 1.97 bits per heavy atom. The molecule has 0 aliphatic rings. The average molecular weight is 445 g/mol. The van der Waals surface area contributed by atoms with E-state index in [1.807, 2.05) is 0 Å². The van der Waals surface area contributed by atoms with Crippen LogP contribution in [0.4, 0.5) is 19.0 Å². The molecule has 160 valence electrons. The smallest absolute Gasteiger partial charge is 0.417 e. The molecule has 2 rings (SSSR count). The van der Waals surface area contributed by atoms with Crippen molar-refractivity contribution in [3.05, 3.63) is 52.7 Å². The number of alkyl halides is 3. The number of carbonyl (C=O) groups is 2. The van der Waals surface area contributed by atoms with Crippen LogP contribution >= 0.6 is 11.6 Å². The Kier molecular flexibility index (Phi) is 7.65. The van der Waals surface area contributed by atoms with Gasteiger partial charge in [0.05, 0.1) is 24.8 Å². The number of nitrogens with zero attached hydrogens (tertiary/aromatic N) is 1. The van der Waals surface area contributed by atoms with E-state index in [9.17, 15) is 22.8 Å². The highest BCUT2D eigenvalue weighted by Gasteiger charge is 2.31. The maximum atomic E-state index is 12.6. The maximum Gasteiger partial charge on any atom is 0.417 e. The highest BCUT2D eigenvalue weighted by molar-refractivity contribution is 6.33. The number of rotatable bonds is 7. The fourth-order valence-electron chi connectivity index (χ4n) is 2.24. The van der Waals surface area contributed by atoms with Gasteiger partial charge >= 0.3 is 12.1 Å². The summed E-state index contributed by atoms with van der Waals surface area (Å²) in [4.78, 5) is 27.1. The zero-order valence-electron chi connectivity index (χ0n) is 15.7. The van der Waals surface area contributed by atoms with Gasteiger partial charge in [0.25, 0.3) is 5.91 Å². The van der Waals surface area contributed by atoms with Gasteiger partial charge in [-0.25, -0.2) is 9.78 Å². The van der Waals surface area contributed by atoms with Crippen molar-refractivity contribution in [2.24, 2.45) is 0 Å². The molecule has 0 saturated heterocycles. The fourth-order valence-corrected chi connectivity index (χ4v) is 2.45. The van der Waals surface area contributed by atoms with E-state index < -0.39 is 35.2 Å². The first-order chi connectivity index (χ1) is 14.2. The molecule has 0 saturated carbocycles. The molecular weight excluding hydrogens is 429 g/mol. The number of pyridine rings is 1. The predicted octanol–water partition coefficient (Wildman–Crippen LogP) is 3.97. The Morgan fingerprint density at radius 3 is 2.57 bits per heavy atom. The van der Waals surface area contributed by atoms with Gasteiger partial charge in [0.1, 0.15) is 0 Å². The van der Waals surface area contributed by atoms with Gasteiger partial charge in [-0.05, 0) is 18.2 Å². The van der Waals surface area contributed by atoms with E-state index in [2.05, 4.69) is 10.3 Å². The lowest BCUT2D eigenvalue weighted by Gasteiger charge is -2.10. The first-order valence-corrected chi connectivity index (χ1v) is 8.62. The van der Waals surface area contributed by atoms with Crippen LogP contribution in [0.15, 0.2) is 36.5 Å². The quantitative estimate of drug-likeness (QED) is 0.513. The highest BCUT2D eigenvalue weighted by Crippen LogP contribution is 2.32. The van der Waals surface area contributed by atoms with Crippen LogP contribution < -0.4 is 14.8 Å². The van der Waals surface area contributed by atoms with Crippen LogP contribution in [0.5, 0.6) is 11.5 Å². The van der Waals surface area contributed by atoms with E-state index in [0.29, 0.717) is 29.3 Å². The van der Waals surface area contributed by atoms with Gasteiger partial charge in [-0.3, -0.25) is 4.79 Å². The number of hydrogen-bond acceptors (Lipinski definition) is 6. The van der Waals surface area contributed by atoms with Crippen molar-refractivity contribution in [1.82, 2.24) is 4.98 Å². The standard InChI is InChI=1S/C19H16ClF3N2O5/c1-28-14-5-3-4-11(17(14)29-2)6-7-16(27)30-10-15(26)25-18-13(20)8-12(9-24-18)19(21,22)23/h3-9H,10H2,1-2H3,(H,24,25,26). The molecule has 2 aromatic rings. The third-order valence-corrected chi connectivity index (χ3v) is 3.89. The Morgan fingerprint density at radius 1 is 1.23 bits per heavy atom. The Hall–Kier alpha value is -3.27. The topological polar surface area (TPSA) is 86.8 Å². The molecule has 0 atom stereocenters. The summed E-state index contributed by atoms with van der Waals surface area (Å²) in [5.74, 6) is -1.08. The summed E-state index contributed by atoms with van der Waals surface area (Å²) in [6.07, 6.45) is -1.60. The van der Waals surface area contributed by atoms with Crippen LogP contribution in [0.25, 0.3) is 6.08 Å². The first-order valence-electron chi connectivity index (χ1n) is 8.24. The molecule has 1 amide bonds. The number of ether oxygens (including phenoxy) is 3. The third-order valence-electron chi connectivity index (χ3n) is 3.60. The molecule has 0 fully saturated rings. The second kappa shape index (κ2) is 9.97. The number of nitrogens with one attached hydrogen (secondary N) is 1. The highest BCUT2D eigenvalue weighted by atomic mass is 35.5. The summed E-state index contributed by atoms with van der Waals surface area (Å²) in [5.41, 5.74) is -0.519. The second-order valence-electron chi connectivity index (χ2n) is 5.62. The Labute approximate surface area is 174 Å². The molecule has 0 radical (unpaired) electrons. The van der Waals surface area contributed by atoms with Gasteiger partial charge in [0.15, 0.2) is 23.9 Å². The van der Waals surface area contributed by atoms with Crippen molar-refractivity contribution in [3.63, 3.8) is 0 Å². The summed E-state index contributed by atoms with van der Waals surface area (Å²) < 4.78 is 52.9. The molecule has 0 bridgehead atoms. The van der Waals surface area contributed by atoms with E-state index in [-0.39, 0.29) is 5.82 Å². The second-order valence-corrected chi connectivity index (χ2v) is 6.03. The van der Waals surface area contributed by atoms with Gasteiger partial charge in [-0.2, -0.15) is 13.2 Å². The van der Waals surface area contributed by atoms with Crippen LogP contribution in [-0.4, -0.2) is 37.7 Å². The molecule has 1 heterocycles. The molecule has 7 nitrogen and oxygen atoms in total. The minimum Gasteiger partial charge on any atom is -0.493 e. The molecule has 1 aromatic heterocycles. The monoisotopic (exact) mass is 444 g/mol. The van der Waals surface area contributed by atoms with Crippen LogP contribution in [-0.2, 0) is 20.5 Å². The number of methoxy groups -OCH3 is 2. The van der Waals surface area contributed by atoms with Gasteiger partial charge in [-0.15, -0.1) is 0 Å². The lowest BCUT2D eigenvalue weighted by Crippen LogP contribution is -2.21. The fraction of sp³-hybridized carbons (Fsp3) is 0.211. The summed E-state index contributed by atoms with van der Waals surface area (Å²) >= 11 is 5.69. The molecule has 0 aliphatic heterocycles. The number of aromatic nitrogens is 1. The number of para-hydroxylation sites is 1. The molecule has 30 heavy (non-hydrogen) atoms. The first kappa shape index (κ1) is 23.0. The van der Waals surface area contributed by atoms with E-state index in [0.717, 1.165) is 6.08 Å². The van der Waals surface area contributed by atoms with E-state index in [1.54, 1.807) is 18.2 Å². The zero-order chi connectivity index (χ0) is 22.3.